The maximum absolute atomic E-state index is 12.1. The van der Waals surface area contributed by atoms with Crippen LogP contribution in [0.2, 0.25) is 0 Å². The molecule has 2 aromatic carbocycles. The Hall–Kier alpha value is -3.15. The number of rotatable bonds is 6. The van der Waals surface area contributed by atoms with Crippen LogP contribution in [0, 0.1) is 0 Å². The summed E-state index contributed by atoms with van der Waals surface area (Å²) in [6, 6.07) is 15.0. The van der Waals surface area contributed by atoms with E-state index >= 15 is 0 Å². The van der Waals surface area contributed by atoms with Gasteiger partial charge in [0.1, 0.15) is 12.9 Å². The molecule has 1 heterocycles. The number of benzene rings is 2. The summed E-state index contributed by atoms with van der Waals surface area (Å²) in [6.07, 6.45) is 2.24. The highest BCUT2D eigenvalue weighted by Gasteiger charge is 2.06. The van der Waals surface area contributed by atoms with Crippen LogP contribution >= 0.6 is 0 Å². The van der Waals surface area contributed by atoms with Crippen molar-refractivity contribution in [1.82, 2.24) is 15.3 Å². The number of para-hydroxylation sites is 2. The summed E-state index contributed by atoms with van der Waals surface area (Å²) < 4.78 is 0. The Morgan fingerprint density at radius 2 is 2.04 bits per heavy atom. The molecule has 0 radical (unpaired) electrons. The summed E-state index contributed by atoms with van der Waals surface area (Å²) in [7, 11) is 1.49. The number of aromatic amines is 1. The molecular formula is C18H18N4O2. The lowest BCUT2D eigenvalue weighted by atomic mass is 10.1. The molecule has 0 aliphatic rings. The van der Waals surface area contributed by atoms with E-state index in [0.717, 1.165) is 22.4 Å². The highest BCUT2D eigenvalue weighted by atomic mass is 16.6. The van der Waals surface area contributed by atoms with Gasteiger partial charge in [-0.3, -0.25) is 4.79 Å². The molecule has 0 spiro atoms. The fourth-order valence-electron chi connectivity index (χ4n) is 2.35. The molecule has 1 aromatic heterocycles. The van der Waals surface area contributed by atoms with Crippen LogP contribution in [0.1, 0.15) is 21.7 Å². The first-order valence-electron chi connectivity index (χ1n) is 7.64. The third kappa shape index (κ3) is 3.78. The molecule has 122 valence electrons. The van der Waals surface area contributed by atoms with Crippen LogP contribution in [0.4, 0.5) is 0 Å². The van der Waals surface area contributed by atoms with Gasteiger partial charge in [-0.25, -0.2) is 4.98 Å². The molecule has 24 heavy (non-hydrogen) atoms. The molecule has 6 nitrogen and oxygen atoms in total. The number of H-pyrrole nitrogens is 1. The van der Waals surface area contributed by atoms with Crippen molar-refractivity contribution in [1.29, 1.82) is 0 Å². The van der Waals surface area contributed by atoms with Crippen molar-refractivity contribution < 1.29 is 9.63 Å². The van der Waals surface area contributed by atoms with Gasteiger partial charge in [0.2, 0.25) is 0 Å². The van der Waals surface area contributed by atoms with E-state index in [-0.39, 0.29) is 5.91 Å². The molecule has 0 aliphatic carbocycles. The average Bonchev–Trinajstić information content (AvgIpc) is 3.03. The summed E-state index contributed by atoms with van der Waals surface area (Å²) in [6.45, 7) is 0.519. The molecule has 6 heteroatoms. The first kappa shape index (κ1) is 15.7. The Bertz CT molecular complexity index is 820. The number of amides is 1. The van der Waals surface area contributed by atoms with Gasteiger partial charge in [-0.15, -0.1) is 0 Å². The molecule has 2 N–H and O–H groups in total. The number of hydrogen-bond donors (Lipinski definition) is 2. The zero-order chi connectivity index (χ0) is 16.8. The van der Waals surface area contributed by atoms with Crippen molar-refractivity contribution in [2.75, 3.05) is 13.7 Å². The van der Waals surface area contributed by atoms with Gasteiger partial charge in [-0.05, 0) is 29.8 Å². The van der Waals surface area contributed by atoms with Gasteiger partial charge in [-0.2, -0.15) is 0 Å². The van der Waals surface area contributed by atoms with Crippen molar-refractivity contribution in [3.63, 3.8) is 0 Å². The molecule has 0 bridgehead atoms. The molecule has 1 amide bonds. The topological polar surface area (TPSA) is 79.4 Å². The number of carbonyl (C=O) groups excluding carboxylic acids is 1. The maximum atomic E-state index is 12.1. The number of nitrogens with zero attached hydrogens (tertiary/aromatic N) is 2. The minimum Gasteiger partial charge on any atom is -0.399 e. The van der Waals surface area contributed by atoms with Crippen LogP contribution < -0.4 is 5.32 Å². The van der Waals surface area contributed by atoms with Crippen molar-refractivity contribution in [2.45, 2.75) is 6.42 Å². The van der Waals surface area contributed by atoms with Gasteiger partial charge < -0.3 is 15.1 Å². The monoisotopic (exact) mass is 322 g/mol. The highest BCUT2D eigenvalue weighted by molar-refractivity contribution is 5.95. The van der Waals surface area contributed by atoms with Crippen LogP contribution in [-0.4, -0.2) is 35.7 Å². The van der Waals surface area contributed by atoms with E-state index in [1.54, 1.807) is 18.3 Å². The minimum atomic E-state index is -0.110. The molecule has 3 aromatic rings. The zero-order valence-corrected chi connectivity index (χ0v) is 13.3. The molecule has 0 saturated carbocycles. The van der Waals surface area contributed by atoms with Crippen molar-refractivity contribution >= 4 is 23.2 Å². The molecule has 0 fully saturated rings. The van der Waals surface area contributed by atoms with Crippen LogP contribution in [0.5, 0.6) is 0 Å². The predicted octanol–water partition coefficient (Wildman–Crippen LogP) is 2.52. The first-order valence-corrected chi connectivity index (χ1v) is 7.64. The smallest absolute Gasteiger partial charge is 0.251 e. The van der Waals surface area contributed by atoms with Gasteiger partial charge in [0.15, 0.2) is 0 Å². The van der Waals surface area contributed by atoms with E-state index in [1.807, 2.05) is 36.4 Å². The van der Waals surface area contributed by atoms with Crippen molar-refractivity contribution in [2.24, 2.45) is 5.16 Å². The van der Waals surface area contributed by atoms with Gasteiger partial charge in [0.05, 0.1) is 17.2 Å². The Balaban J connectivity index is 1.54. The largest absolute Gasteiger partial charge is 0.399 e. The van der Waals surface area contributed by atoms with Crippen LogP contribution in [0.25, 0.3) is 11.0 Å². The SMILES string of the molecule is CO/N=C/c1ccc(C(=O)NCCc2nc3ccccc3[nH]2)cc1. The molecule has 0 unspecified atom stereocenters. The van der Waals surface area contributed by atoms with Crippen LogP contribution in [0.15, 0.2) is 53.7 Å². The van der Waals surface area contributed by atoms with E-state index in [1.165, 1.54) is 7.11 Å². The third-order valence-corrected chi connectivity index (χ3v) is 3.57. The summed E-state index contributed by atoms with van der Waals surface area (Å²) in [5.41, 5.74) is 3.42. The average molecular weight is 322 g/mol. The maximum Gasteiger partial charge on any atom is 0.251 e. The number of aromatic nitrogens is 2. The van der Waals surface area contributed by atoms with E-state index in [0.29, 0.717) is 18.5 Å². The second-order valence-electron chi connectivity index (χ2n) is 5.25. The summed E-state index contributed by atoms with van der Waals surface area (Å²) >= 11 is 0. The van der Waals surface area contributed by atoms with E-state index in [4.69, 9.17) is 0 Å². The molecule has 0 atom stereocenters. The van der Waals surface area contributed by atoms with Gasteiger partial charge in [0.25, 0.3) is 5.91 Å². The lowest BCUT2D eigenvalue weighted by molar-refractivity contribution is 0.0954. The van der Waals surface area contributed by atoms with Crippen LogP contribution in [0.3, 0.4) is 0 Å². The van der Waals surface area contributed by atoms with Crippen molar-refractivity contribution in [3.05, 3.63) is 65.5 Å². The second-order valence-corrected chi connectivity index (χ2v) is 5.25. The number of imidazole rings is 1. The number of oxime groups is 1. The highest BCUT2D eigenvalue weighted by Crippen LogP contribution is 2.10. The Labute approximate surface area is 139 Å². The Kier molecular flexibility index (Phi) is 4.86. The quantitative estimate of drug-likeness (QED) is 0.540. The third-order valence-electron chi connectivity index (χ3n) is 3.57. The van der Waals surface area contributed by atoms with E-state index < -0.39 is 0 Å². The molecule has 0 saturated heterocycles. The normalized spacial score (nSPS) is 11.0. The first-order chi connectivity index (χ1) is 11.8. The van der Waals surface area contributed by atoms with Crippen molar-refractivity contribution in [3.8, 4) is 0 Å². The second kappa shape index (κ2) is 7.41. The lowest BCUT2D eigenvalue weighted by Crippen LogP contribution is -2.25. The zero-order valence-electron chi connectivity index (χ0n) is 13.3. The minimum absolute atomic E-state index is 0.110. The summed E-state index contributed by atoms with van der Waals surface area (Å²) in [5.74, 6) is 0.754. The van der Waals surface area contributed by atoms with E-state index in [2.05, 4.69) is 25.3 Å². The lowest BCUT2D eigenvalue weighted by Gasteiger charge is -2.04. The Morgan fingerprint density at radius 1 is 1.25 bits per heavy atom. The number of hydrogen-bond acceptors (Lipinski definition) is 4. The Morgan fingerprint density at radius 3 is 2.79 bits per heavy atom. The molecule has 3 rings (SSSR count). The van der Waals surface area contributed by atoms with Crippen LogP contribution in [-0.2, 0) is 11.3 Å². The summed E-state index contributed by atoms with van der Waals surface area (Å²) in [4.78, 5) is 24.5. The van der Waals surface area contributed by atoms with Gasteiger partial charge in [0, 0.05) is 18.5 Å². The standard InChI is InChI=1S/C18H18N4O2/c1-24-20-12-13-6-8-14(9-7-13)18(23)19-11-10-17-21-15-4-2-3-5-16(15)22-17/h2-9,12H,10-11H2,1H3,(H,19,23)(H,21,22)/b20-12+. The molecular weight excluding hydrogens is 304 g/mol. The van der Waals surface area contributed by atoms with Gasteiger partial charge >= 0.3 is 0 Å². The molecule has 0 aliphatic heterocycles. The number of fused-ring (bicyclic) bond motifs is 1. The fraction of sp³-hybridized carbons (Fsp3) is 0.167. The van der Waals surface area contributed by atoms with Gasteiger partial charge in [-0.1, -0.05) is 29.4 Å². The number of carbonyl (C=O) groups is 1. The fourth-order valence-corrected chi connectivity index (χ4v) is 2.35. The summed E-state index contributed by atoms with van der Waals surface area (Å²) in [5, 5.41) is 6.58. The number of nitrogens with one attached hydrogen (secondary N) is 2. The van der Waals surface area contributed by atoms with E-state index in [9.17, 15) is 4.79 Å². The predicted molar refractivity (Wildman–Crippen MR) is 93.2 cm³/mol.